The Balaban J connectivity index is 0.00000176. The van der Waals surface area contributed by atoms with E-state index in [9.17, 15) is 5.11 Å². The van der Waals surface area contributed by atoms with Gasteiger partial charge in [-0.2, -0.15) is 0 Å². The van der Waals surface area contributed by atoms with Gasteiger partial charge in [0.2, 0.25) is 5.72 Å². The molecule has 1 aliphatic rings. The number of anilines is 1. The fourth-order valence-electron chi connectivity index (χ4n) is 2.99. The van der Waals surface area contributed by atoms with Crippen LogP contribution in [0.25, 0.3) is 0 Å². The van der Waals surface area contributed by atoms with E-state index in [0.29, 0.717) is 6.54 Å². The highest BCUT2D eigenvalue weighted by Gasteiger charge is 2.50. The minimum atomic E-state index is -1.00. The lowest BCUT2D eigenvalue weighted by Crippen LogP contribution is -3.00. The third-order valence-corrected chi connectivity index (χ3v) is 4.10. The van der Waals surface area contributed by atoms with E-state index in [2.05, 4.69) is 11.9 Å². The first-order chi connectivity index (χ1) is 10.3. The summed E-state index contributed by atoms with van der Waals surface area (Å²) in [4.78, 5) is 6.51. The predicted molar refractivity (Wildman–Crippen MR) is 81.6 cm³/mol. The highest BCUT2D eigenvalue weighted by Crippen LogP contribution is 2.33. The Morgan fingerprint density at radius 2 is 2.00 bits per heavy atom. The van der Waals surface area contributed by atoms with Gasteiger partial charge in [-0.15, -0.1) is 0 Å². The zero-order valence-corrected chi connectivity index (χ0v) is 14.4. The fraction of sp³-hybridized carbons (Fsp3) is 0.412. The molecule has 0 fully saturated rings. The summed E-state index contributed by atoms with van der Waals surface area (Å²) < 4.78 is 2.03. The van der Waals surface area contributed by atoms with Gasteiger partial charge in [0.1, 0.15) is 12.7 Å². The number of nitrogens with zero attached hydrogens (tertiary/aromatic N) is 3. The van der Waals surface area contributed by atoms with Gasteiger partial charge in [-0.05, 0) is 6.42 Å². The van der Waals surface area contributed by atoms with Crippen molar-refractivity contribution in [1.82, 2.24) is 4.98 Å². The van der Waals surface area contributed by atoms with E-state index in [4.69, 9.17) is 0 Å². The molecule has 1 aliphatic heterocycles. The van der Waals surface area contributed by atoms with Crippen molar-refractivity contribution in [3.63, 3.8) is 0 Å². The Hall–Kier alpha value is -1.46. The molecule has 22 heavy (non-hydrogen) atoms. The van der Waals surface area contributed by atoms with E-state index in [1.165, 1.54) is 6.42 Å². The van der Waals surface area contributed by atoms with Crippen molar-refractivity contribution < 1.29 is 26.7 Å². The van der Waals surface area contributed by atoms with Crippen molar-refractivity contribution in [3.05, 3.63) is 54.4 Å². The van der Waals surface area contributed by atoms with Crippen LogP contribution in [0.5, 0.6) is 0 Å². The van der Waals surface area contributed by atoms with Gasteiger partial charge < -0.3 is 22.1 Å². The van der Waals surface area contributed by atoms with E-state index in [1.807, 2.05) is 52.1 Å². The number of halogens is 1. The first kappa shape index (κ1) is 16.9. The molecule has 1 N–H and O–H groups in total. The largest absolute Gasteiger partial charge is 1.00 e. The lowest BCUT2D eigenvalue weighted by atomic mass is 10.0. The van der Waals surface area contributed by atoms with Crippen LogP contribution < -0.4 is 26.4 Å². The van der Waals surface area contributed by atoms with Crippen molar-refractivity contribution in [2.75, 3.05) is 11.4 Å². The number of aliphatic hydroxyl groups is 1. The van der Waals surface area contributed by atoms with Crippen LogP contribution >= 0.6 is 0 Å². The molecule has 3 rings (SSSR count). The predicted octanol–water partition coefficient (Wildman–Crippen LogP) is -0.771. The first-order valence-corrected chi connectivity index (χ1v) is 7.65. The Morgan fingerprint density at radius 3 is 2.73 bits per heavy atom. The highest BCUT2D eigenvalue weighted by atomic mass is 79.9. The highest BCUT2D eigenvalue weighted by molar-refractivity contribution is 5.37. The van der Waals surface area contributed by atoms with Gasteiger partial charge in [-0.25, -0.2) is 9.47 Å². The summed E-state index contributed by atoms with van der Waals surface area (Å²) in [6.45, 7) is 3.52. The standard InChI is InChI=1S/C17H22N3O.BrH/c1-2-3-7-13-20-16-18-11-8-12-19(16)14-17(20,21)15-9-5-4-6-10-15;/h4-6,8-12,21H,2-3,7,13-14H2,1H3;1H/q+1;/p-1. The molecule has 1 aromatic heterocycles. The van der Waals surface area contributed by atoms with Gasteiger partial charge >= 0.3 is 5.95 Å². The molecule has 5 heteroatoms. The van der Waals surface area contributed by atoms with Crippen LogP contribution in [-0.4, -0.2) is 16.6 Å². The van der Waals surface area contributed by atoms with Crippen molar-refractivity contribution in [3.8, 4) is 0 Å². The Kier molecular flexibility index (Phi) is 5.53. The molecule has 1 aromatic carbocycles. The lowest BCUT2D eigenvalue weighted by Gasteiger charge is -2.28. The number of unbranched alkanes of at least 4 members (excludes halogenated alkanes) is 2. The molecule has 0 radical (unpaired) electrons. The van der Waals surface area contributed by atoms with Gasteiger partial charge in [-0.3, -0.25) is 0 Å². The van der Waals surface area contributed by atoms with Gasteiger partial charge in [0.25, 0.3) is 0 Å². The first-order valence-electron chi connectivity index (χ1n) is 7.65. The van der Waals surface area contributed by atoms with Crippen molar-refractivity contribution in [2.45, 2.75) is 38.5 Å². The van der Waals surface area contributed by atoms with Gasteiger partial charge in [-0.1, -0.05) is 55.1 Å². The molecule has 0 saturated heterocycles. The third-order valence-electron chi connectivity index (χ3n) is 4.10. The second-order valence-electron chi connectivity index (χ2n) is 5.59. The van der Waals surface area contributed by atoms with Gasteiger partial charge in [0.05, 0.1) is 12.7 Å². The minimum Gasteiger partial charge on any atom is -1.00 e. The van der Waals surface area contributed by atoms with Gasteiger partial charge in [0.15, 0.2) is 0 Å². The Morgan fingerprint density at radius 1 is 1.23 bits per heavy atom. The summed E-state index contributed by atoms with van der Waals surface area (Å²) >= 11 is 0. The molecule has 4 nitrogen and oxygen atoms in total. The summed E-state index contributed by atoms with van der Waals surface area (Å²) in [6, 6.07) is 11.8. The molecule has 0 amide bonds. The summed E-state index contributed by atoms with van der Waals surface area (Å²) in [5.41, 5.74) is -0.0805. The summed E-state index contributed by atoms with van der Waals surface area (Å²) in [5.74, 6) is 0.847. The van der Waals surface area contributed by atoms with E-state index in [-0.39, 0.29) is 17.0 Å². The van der Waals surface area contributed by atoms with Crippen LogP contribution in [-0.2, 0) is 12.3 Å². The molecule has 1 atom stereocenters. The second-order valence-corrected chi connectivity index (χ2v) is 5.59. The summed E-state index contributed by atoms with van der Waals surface area (Å²) in [6.07, 6.45) is 7.15. The Labute approximate surface area is 142 Å². The van der Waals surface area contributed by atoms with Crippen molar-refractivity contribution in [2.24, 2.45) is 0 Å². The number of benzene rings is 1. The smallest absolute Gasteiger partial charge is 0.396 e. The summed E-state index contributed by atoms with van der Waals surface area (Å²) in [7, 11) is 0. The number of rotatable bonds is 5. The second kappa shape index (κ2) is 7.20. The molecule has 2 aromatic rings. The fourth-order valence-corrected chi connectivity index (χ4v) is 2.99. The maximum Gasteiger partial charge on any atom is 0.396 e. The monoisotopic (exact) mass is 363 g/mol. The number of hydrogen-bond donors (Lipinski definition) is 1. The van der Waals surface area contributed by atoms with Crippen LogP contribution in [0, 0.1) is 0 Å². The molecule has 0 bridgehead atoms. The maximum atomic E-state index is 11.3. The Bertz CT molecular complexity index is 608. The molecule has 2 heterocycles. The maximum absolute atomic E-state index is 11.3. The minimum absolute atomic E-state index is 0. The average molecular weight is 364 g/mol. The van der Waals surface area contributed by atoms with E-state index in [1.54, 1.807) is 6.20 Å². The van der Waals surface area contributed by atoms with Crippen molar-refractivity contribution in [1.29, 1.82) is 0 Å². The molecule has 0 aliphatic carbocycles. The van der Waals surface area contributed by atoms with Crippen molar-refractivity contribution >= 4 is 5.95 Å². The number of fused-ring (bicyclic) bond motifs is 1. The van der Waals surface area contributed by atoms with E-state index < -0.39 is 5.72 Å². The zero-order valence-electron chi connectivity index (χ0n) is 12.8. The van der Waals surface area contributed by atoms with Crippen LogP contribution in [0.15, 0.2) is 48.8 Å². The lowest BCUT2D eigenvalue weighted by molar-refractivity contribution is -0.685. The molecule has 1 unspecified atom stereocenters. The molecular weight excluding hydrogens is 342 g/mol. The molecule has 0 saturated carbocycles. The molecular formula is C17H22BrN3O. The average Bonchev–Trinajstić information content (AvgIpc) is 2.82. The van der Waals surface area contributed by atoms with Crippen LogP contribution in [0.3, 0.4) is 0 Å². The topological polar surface area (TPSA) is 40.2 Å². The van der Waals surface area contributed by atoms with Crippen LogP contribution in [0.1, 0.15) is 31.7 Å². The van der Waals surface area contributed by atoms with Gasteiger partial charge in [0, 0.05) is 11.6 Å². The molecule has 0 spiro atoms. The normalized spacial score (nSPS) is 19.6. The van der Waals surface area contributed by atoms with E-state index >= 15 is 0 Å². The number of hydrogen-bond acceptors (Lipinski definition) is 3. The molecule has 118 valence electrons. The van der Waals surface area contributed by atoms with Crippen LogP contribution in [0.2, 0.25) is 0 Å². The zero-order chi connectivity index (χ0) is 14.7. The summed E-state index contributed by atoms with van der Waals surface area (Å²) in [5, 5.41) is 11.3. The number of aromatic nitrogens is 2. The SMILES string of the molecule is CCCCCN1c2nccc[n+]2CC1(O)c1ccccc1.[Br-]. The van der Waals surface area contributed by atoms with E-state index in [0.717, 1.165) is 30.9 Å². The third kappa shape index (κ3) is 3.01. The quantitative estimate of drug-likeness (QED) is 0.560. The van der Waals surface area contributed by atoms with Crippen LogP contribution in [0.4, 0.5) is 5.95 Å².